The van der Waals surface area contributed by atoms with Gasteiger partial charge in [0.25, 0.3) is 0 Å². The summed E-state index contributed by atoms with van der Waals surface area (Å²) < 4.78 is 0. The van der Waals surface area contributed by atoms with Crippen molar-refractivity contribution in [3.63, 3.8) is 0 Å². The average molecular weight is 568 g/mol. The molecular weight excluding hydrogens is 520 g/mol. The van der Waals surface area contributed by atoms with Gasteiger partial charge in [-0.1, -0.05) is 180 Å². The van der Waals surface area contributed by atoms with Crippen molar-refractivity contribution in [3.05, 3.63) is 121 Å². The Kier molecular flexibility index (Phi) is 13.9. The molecule has 0 aromatic heterocycles. The average Bonchev–Trinajstić information content (AvgIpc) is 3.03. The summed E-state index contributed by atoms with van der Waals surface area (Å²) in [5, 5.41) is 5.91. The Balaban J connectivity index is 1.51. The molecule has 1 nitrogen and oxygen atoms in total. The first-order chi connectivity index (χ1) is 19.8. The van der Waals surface area contributed by atoms with Crippen LogP contribution in [0, 0.1) is 0 Å². The minimum absolute atomic E-state index is 0.459. The maximum Gasteiger partial charge on any atom is 0.0269 e. The van der Waals surface area contributed by atoms with Crippen LogP contribution < -0.4 is 21.2 Å². The zero-order chi connectivity index (χ0) is 27.7. The Hall–Kier alpha value is -2.30. The number of hydrogen-bond donors (Lipinski definition) is 0. The topological polar surface area (TPSA) is 3.24 Å². The monoisotopic (exact) mass is 567 g/mol. The van der Waals surface area contributed by atoms with Gasteiger partial charge < -0.3 is 0 Å². The van der Waals surface area contributed by atoms with Crippen molar-refractivity contribution in [2.45, 2.75) is 64.7 Å². The van der Waals surface area contributed by atoms with E-state index in [0.29, 0.717) is 0 Å². The molecule has 40 heavy (non-hydrogen) atoms. The first kappa shape index (κ1) is 30.7. The predicted octanol–water partition coefficient (Wildman–Crippen LogP) is 9.00. The summed E-state index contributed by atoms with van der Waals surface area (Å²) in [7, 11) is -0.917. The Bertz CT molecular complexity index is 1000. The summed E-state index contributed by atoms with van der Waals surface area (Å²) in [4.78, 5) is 2.82. The largest absolute Gasteiger partial charge is 0.294 e. The number of unbranched alkanes of at least 4 members (excludes halogenated alkanes) is 8. The van der Waals surface area contributed by atoms with E-state index in [-0.39, 0.29) is 0 Å². The highest BCUT2D eigenvalue weighted by molar-refractivity contribution is 7.73. The summed E-state index contributed by atoms with van der Waals surface area (Å²) in [6, 6.07) is 45.0. The van der Waals surface area contributed by atoms with Gasteiger partial charge in [-0.3, -0.25) is 4.90 Å². The number of nitrogens with zero attached hydrogens (tertiary/aromatic N) is 1. The van der Waals surface area contributed by atoms with Crippen LogP contribution in [-0.4, -0.2) is 24.0 Å². The molecule has 0 atom stereocenters. The maximum absolute atomic E-state index is 2.82. The Morgan fingerprint density at radius 1 is 0.400 bits per heavy atom. The zero-order valence-electron chi connectivity index (χ0n) is 24.4. The van der Waals surface area contributed by atoms with E-state index in [4.69, 9.17) is 0 Å². The van der Waals surface area contributed by atoms with Gasteiger partial charge in [-0.05, 0) is 50.0 Å². The van der Waals surface area contributed by atoms with E-state index in [0.717, 1.165) is 12.6 Å². The van der Waals surface area contributed by atoms with Crippen molar-refractivity contribution in [2.24, 2.45) is 0 Å². The van der Waals surface area contributed by atoms with Gasteiger partial charge in [0.2, 0.25) is 0 Å². The molecule has 0 aliphatic rings. The quantitative estimate of drug-likeness (QED) is 0.0857. The molecule has 0 saturated heterocycles. The molecule has 0 heterocycles. The van der Waals surface area contributed by atoms with Gasteiger partial charge in [-0.15, -0.1) is 0 Å². The standard InChI is InChI=1S/C37H47NP2/c1-2-3-4-5-6-7-8-9-22-31-38(32-39(34-23-14-10-15-24-34)35-25-16-11-17-26-35)33-40(36-27-18-12-19-28-36)37-29-20-13-21-30-37/h10-21,23-30H,2-9,22,31-33H2,1H3. The molecule has 0 radical (unpaired) electrons. The van der Waals surface area contributed by atoms with E-state index >= 15 is 0 Å². The fraction of sp³-hybridized carbons (Fsp3) is 0.351. The molecule has 0 saturated carbocycles. The second-order valence-corrected chi connectivity index (χ2v) is 15.0. The van der Waals surface area contributed by atoms with Crippen molar-refractivity contribution in [1.82, 2.24) is 4.90 Å². The smallest absolute Gasteiger partial charge is 0.0269 e. The molecule has 0 aliphatic heterocycles. The van der Waals surface area contributed by atoms with Crippen LogP contribution >= 0.6 is 15.8 Å². The summed E-state index contributed by atoms with van der Waals surface area (Å²) in [5.74, 6) is 0. The minimum Gasteiger partial charge on any atom is -0.294 e. The first-order valence-corrected chi connectivity index (χ1v) is 18.4. The zero-order valence-corrected chi connectivity index (χ0v) is 26.2. The highest BCUT2D eigenvalue weighted by Gasteiger charge is 2.22. The Morgan fingerprint density at radius 2 is 0.700 bits per heavy atom. The third-order valence-electron chi connectivity index (χ3n) is 7.53. The van der Waals surface area contributed by atoms with Crippen molar-refractivity contribution >= 4 is 37.1 Å². The van der Waals surface area contributed by atoms with Crippen LogP contribution in [0.15, 0.2) is 121 Å². The number of hydrogen-bond acceptors (Lipinski definition) is 1. The molecule has 0 amide bonds. The molecule has 0 unspecified atom stereocenters. The van der Waals surface area contributed by atoms with Crippen molar-refractivity contribution in [3.8, 4) is 0 Å². The fourth-order valence-corrected chi connectivity index (χ4v) is 10.1. The number of rotatable bonds is 18. The van der Waals surface area contributed by atoms with Crippen molar-refractivity contribution in [2.75, 3.05) is 19.1 Å². The van der Waals surface area contributed by atoms with Gasteiger partial charge in [0.1, 0.15) is 0 Å². The van der Waals surface area contributed by atoms with Crippen molar-refractivity contribution in [1.29, 1.82) is 0 Å². The molecular formula is C37H47NP2. The van der Waals surface area contributed by atoms with Gasteiger partial charge >= 0.3 is 0 Å². The third kappa shape index (κ3) is 10.3. The lowest BCUT2D eigenvalue weighted by Gasteiger charge is -2.32. The molecule has 0 fully saturated rings. The summed E-state index contributed by atoms with van der Waals surface area (Å²) >= 11 is 0. The van der Waals surface area contributed by atoms with Crippen LogP contribution in [0.25, 0.3) is 0 Å². The second kappa shape index (κ2) is 18.2. The molecule has 0 bridgehead atoms. The summed E-state index contributed by atoms with van der Waals surface area (Å²) in [6.07, 6.45) is 14.6. The van der Waals surface area contributed by atoms with Crippen LogP contribution in [0.4, 0.5) is 0 Å². The highest BCUT2D eigenvalue weighted by Crippen LogP contribution is 2.39. The number of benzene rings is 4. The summed E-state index contributed by atoms with van der Waals surface area (Å²) in [5.41, 5.74) is 0. The molecule has 4 rings (SSSR count). The minimum atomic E-state index is -0.459. The maximum atomic E-state index is 2.82. The molecule has 4 aromatic carbocycles. The normalized spacial score (nSPS) is 11.5. The van der Waals surface area contributed by atoms with Crippen LogP contribution in [0.3, 0.4) is 0 Å². The van der Waals surface area contributed by atoms with Crippen LogP contribution in [-0.2, 0) is 0 Å². The van der Waals surface area contributed by atoms with Gasteiger partial charge in [0.05, 0.1) is 0 Å². The second-order valence-electron chi connectivity index (χ2n) is 10.7. The van der Waals surface area contributed by atoms with Crippen molar-refractivity contribution < 1.29 is 0 Å². The van der Waals surface area contributed by atoms with E-state index in [1.807, 2.05) is 0 Å². The van der Waals surface area contributed by atoms with Crippen LogP contribution in [0.5, 0.6) is 0 Å². The lowest BCUT2D eigenvalue weighted by Crippen LogP contribution is -2.33. The predicted molar refractivity (Wildman–Crippen MR) is 182 cm³/mol. The van der Waals surface area contributed by atoms with Gasteiger partial charge in [-0.25, -0.2) is 0 Å². The van der Waals surface area contributed by atoms with Gasteiger partial charge in [-0.2, -0.15) is 0 Å². The van der Waals surface area contributed by atoms with Gasteiger partial charge in [0, 0.05) is 12.6 Å². The lowest BCUT2D eigenvalue weighted by atomic mass is 10.1. The molecule has 210 valence electrons. The third-order valence-corrected chi connectivity index (χ3v) is 12.6. The van der Waals surface area contributed by atoms with Gasteiger partial charge in [0.15, 0.2) is 0 Å². The molecule has 4 aromatic rings. The molecule has 3 heteroatoms. The molecule has 0 aliphatic carbocycles. The highest BCUT2D eigenvalue weighted by atomic mass is 31.1. The van der Waals surface area contributed by atoms with Crippen LogP contribution in [0.1, 0.15) is 64.7 Å². The molecule has 0 N–H and O–H groups in total. The Labute approximate surface area is 246 Å². The van der Waals surface area contributed by atoms with E-state index in [1.54, 1.807) is 0 Å². The van der Waals surface area contributed by atoms with Crippen LogP contribution in [0.2, 0.25) is 0 Å². The fourth-order valence-electron chi connectivity index (χ4n) is 5.29. The molecule has 0 spiro atoms. The van der Waals surface area contributed by atoms with E-state index in [9.17, 15) is 0 Å². The Morgan fingerprint density at radius 3 is 1.02 bits per heavy atom. The lowest BCUT2D eigenvalue weighted by molar-refractivity contribution is 0.358. The van der Waals surface area contributed by atoms with E-state index in [2.05, 4.69) is 133 Å². The first-order valence-electron chi connectivity index (χ1n) is 15.3. The summed E-state index contributed by atoms with van der Waals surface area (Å²) in [6.45, 7) is 3.47. The van der Waals surface area contributed by atoms with E-state index < -0.39 is 15.8 Å². The SMILES string of the molecule is CCCCCCCCCCCN(CP(c1ccccc1)c1ccccc1)CP(c1ccccc1)c1ccccc1. The van der Waals surface area contributed by atoms with E-state index in [1.165, 1.54) is 85.6 Å².